The number of amidine groups is 1. The minimum Gasteiger partial charge on any atom is -0.375 e. The first-order chi connectivity index (χ1) is 16.9. The molecule has 4 heterocycles. The predicted octanol–water partition coefficient (Wildman–Crippen LogP) is 3.99. The van der Waals surface area contributed by atoms with Crippen molar-refractivity contribution in [3.05, 3.63) is 69.5 Å². The van der Waals surface area contributed by atoms with E-state index in [1.54, 1.807) is 17.5 Å². The van der Waals surface area contributed by atoms with Gasteiger partial charge in [0.25, 0.3) is 11.8 Å². The van der Waals surface area contributed by atoms with Gasteiger partial charge < -0.3 is 15.4 Å². The number of nitrogens with one attached hydrogen (secondary N) is 2. The summed E-state index contributed by atoms with van der Waals surface area (Å²) in [5.41, 5.74) is -0.0528. The molecule has 0 radical (unpaired) electrons. The van der Waals surface area contributed by atoms with E-state index >= 15 is 0 Å². The third-order valence-electron chi connectivity index (χ3n) is 5.83. The van der Waals surface area contributed by atoms with Gasteiger partial charge in [-0.2, -0.15) is 0 Å². The van der Waals surface area contributed by atoms with E-state index < -0.39 is 11.4 Å². The molecule has 2 aromatic heterocycles. The monoisotopic (exact) mass is 528 g/mol. The molecule has 35 heavy (non-hydrogen) atoms. The third-order valence-corrected chi connectivity index (χ3v) is 8.07. The van der Waals surface area contributed by atoms with Gasteiger partial charge in [-0.25, -0.2) is 19.9 Å². The molecule has 0 unspecified atom stereocenters. The number of thiazole rings is 1. The molecule has 1 aromatic carbocycles. The van der Waals surface area contributed by atoms with Crippen molar-refractivity contribution in [2.24, 2.45) is 10.9 Å². The molecule has 12 heteroatoms. The largest absolute Gasteiger partial charge is 0.375 e. The summed E-state index contributed by atoms with van der Waals surface area (Å²) in [6.07, 6.45) is 3.54. The average molecular weight is 529 g/mol. The maximum atomic E-state index is 12.7. The lowest BCUT2D eigenvalue weighted by atomic mass is 9.80. The highest BCUT2D eigenvalue weighted by Gasteiger charge is 2.49. The Balaban J connectivity index is 1.40. The number of aromatic nitrogens is 3. The maximum absolute atomic E-state index is 12.7. The van der Waals surface area contributed by atoms with Crippen molar-refractivity contribution in [1.29, 1.82) is 0 Å². The van der Waals surface area contributed by atoms with E-state index in [1.807, 2.05) is 25.1 Å². The SMILES string of the molecule is C[C@H]1C[C@H]2CSC(NC(=O)c3ccccc3)=N[C@@]2(c2nc(NC(=O)c3cnc(Cl)cn3)cs2)CO1. The molecular weight excluding hydrogens is 508 g/mol. The van der Waals surface area contributed by atoms with E-state index in [0.717, 1.165) is 17.2 Å². The van der Waals surface area contributed by atoms with Gasteiger partial charge >= 0.3 is 0 Å². The molecule has 3 atom stereocenters. The number of amides is 2. The van der Waals surface area contributed by atoms with E-state index in [4.69, 9.17) is 26.3 Å². The number of carbonyl (C=O) groups is 2. The van der Waals surface area contributed by atoms with Crippen LogP contribution in [0.25, 0.3) is 0 Å². The summed E-state index contributed by atoms with van der Waals surface area (Å²) in [6, 6.07) is 9.02. The van der Waals surface area contributed by atoms with Crippen LogP contribution in [-0.4, -0.2) is 50.4 Å². The Morgan fingerprint density at radius 2 is 1.97 bits per heavy atom. The number of rotatable bonds is 4. The molecule has 1 fully saturated rings. The van der Waals surface area contributed by atoms with Crippen LogP contribution in [0.15, 0.2) is 53.1 Å². The van der Waals surface area contributed by atoms with Gasteiger partial charge in [0.15, 0.2) is 5.17 Å². The van der Waals surface area contributed by atoms with Crippen molar-refractivity contribution in [3.63, 3.8) is 0 Å². The number of fused-ring (bicyclic) bond motifs is 1. The molecule has 9 nitrogen and oxygen atoms in total. The van der Waals surface area contributed by atoms with E-state index in [1.165, 1.54) is 35.5 Å². The zero-order valence-corrected chi connectivity index (χ0v) is 21.0. The minimum atomic E-state index is -0.745. The first kappa shape index (κ1) is 23.9. The number of halogens is 1. The summed E-state index contributed by atoms with van der Waals surface area (Å²) in [5.74, 6) is 0.675. The van der Waals surface area contributed by atoms with E-state index in [2.05, 4.69) is 20.6 Å². The van der Waals surface area contributed by atoms with Crippen LogP contribution >= 0.6 is 34.7 Å². The average Bonchev–Trinajstić information content (AvgIpc) is 3.34. The molecule has 0 aliphatic carbocycles. The lowest BCUT2D eigenvalue weighted by Gasteiger charge is -2.44. The Labute approximate surface area is 214 Å². The molecule has 0 saturated carbocycles. The number of nitrogens with zero attached hydrogens (tertiary/aromatic N) is 4. The lowest BCUT2D eigenvalue weighted by Crippen LogP contribution is -2.50. The Bertz CT molecular complexity index is 1270. The summed E-state index contributed by atoms with van der Waals surface area (Å²) in [7, 11) is 0. The summed E-state index contributed by atoms with van der Waals surface area (Å²) < 4.78 is 6.03. The molecule has 2 N–H and O–H groups in total. The standard InChI is InChI=1S/C23H21ClN6O3S2/c1-13-7-15-10-35-22(29-19(31)14-5-3-2-4-6-14)30-23(15,12-33-13)21-28-18(11-34-21)27-20(32)16-8-26-17(24)9-25-16/h2-6,8-9,11,13,15H,7,10,12H2,1H3,(H,27,32)(H,29,30,31)/t13-,15-,23-/m0/s1. The highest BCUT2D eigenvalue weighted by atomic mass is 35.5. The van der Waals surface area contributed by atoms with Crippen molar-refractivity contribution in [1.82, 2.24) is 20.3 Å². The van der Waals surface area contributed by atoms with Gasteiger partial charge in [0, 0.05) is 22.6 Å². The number of carbonyl (C=O) groups excluding carboxylic acids is 2. The van der Waals surface area contributed by atoms with Crippen LogP contribution in [0.5, 0.6) is 0 Å². The van der Waals surface area contributed by atoms with Crippen LogP contribution in [0.4, 0.5) is 5.82 Å². The summed E-state index contributed by atoms with van der Waals surface area (Å²) in [6.45, 7) is 2.39. The summed E-state index contributed by atoms with van der Waals surface area (Å²) in [5, 5.41) is 8.92. The number of ether oxygens (including phenoxy) is 1. The maximum Gasteiger partial charge on any atom is 0.277 e. The van der Waals surface area contributed by atoms with Gasteiger partial charge in [0.2, 0.25) is 0 Å². The second-order valence-corrected chi connectivity index (χ2v) is 10.5. The number of anilines is 1. The van der Waals surface area contributed by atoms with Crippen molar-refractivity contribution in [3.8, 4) is 0 Å². The number of benzene rings is 1. The second kappa shape index (κ2) is 10.0. The first-order valence-corrected chi connectivity index (χ1v) is 13.1. The second-order valence-electron chi connectivity index (χ2n) is 8.24. The summed E-state index contributed by atoms with van der Waals surface area (Å²) in [4.78, 5) is 42.8. The van der Waals surface area contributed by atoms with Gasteiger partial charge in [0.05, 0.1) is 25.1 Å². The molecule has 5 rings (SSSR count). The van der Waals surface area contributed by atoms with Gasteiger partial charge in [-0.1, -0.05) is 41.6 Å². The highest BCUT2D eigenvalue weighted by Crippen LogP contribution is 2.47. The van der Waals surface area contributed by atoms with Crippen LogP contribution in [0, 0.1) is 5.92 Å². The Morgan fingerprint density at radius 1 is 1.14 bits per heavy atom. The smallest absolute Gasteiger partial charge is 0.277 e. The number of hydrogen-bond acceptors (Lipinski definition) is 9. The lowest BCUT2D eigenvalue weighted by molar-refractivity contribution is -0.0466. The number of hydrogen-bond donors (Lipinski definition) is 2. The minimum absolute atomic E-state index is 0.104. The molecule has 1 saturated heterocycles. The van der Waals surface area contributed by atoms with Gasteiger partial charge in [-0.3, -0.25) is 9.59 Å². The molecule has 3 aromatic rings. The van der Waals surface area contributed by atoms with Crippen molar-refractivity contribution < 1.29 is 14.3 Å². The Hall–Kier alpha value is -2.86. The zero-order valence-electron chi connectivity index (χ0n) is 18.6. The van der Waals surface area contributed by atoms with Gasteiger partial charge in [0.1, 0.15) is 27.2 Å². The van der Waals surface area contributed by atoms with Crippen LogP contribution in [-0.2, 0) is 10.3 Å². The van der Waals surface area contributed by atoms with Gasteiger partial charge in [-0.05, 0) is 25.5 Å². The number of thioether (sulfide) groups is 1. The predicted molar refractivity (Wildman–Crippen MR) is 136 cm³/mol. The molecule has 0 bridgehead atoms. The van der Waals surface area contributed by atoms with Crippen molar-refractivity contribution >= 4 is 57.5 Å². The molecule has 0 spiro atoms. The van der Waals surface area contributed by atoms with Crippen molar-refractivity contribution in [2.45, 2.75) is 25.0 Å². The molecule has 2 aliphatic rings. The van der Waals surface area contributed by atoms with E-state index in [9.17, 15) is 9.59 Å². The number of aliphatic imine (C=N–C) groups is 1. The zero-order chi connectivity index (χ0) is 24.4. The van der Waals surface area contributed by atoms with Crippen LogP contribution in [0.2, 0.25) is 5.15 Å². The van der Waals surface area contributed by atoms with E-state index in [0.29, 0.717) is 23.2 Å². The first-order valence-electron chi connectivity index (χ1n) is 10.9. The van der Waals surface area contributed by atoms with E-state index in [-0.39, 0.29) is 28.8 Å². The third kappa shape index (κ3) is 5.08. The quantitative estimate of drug-likeness (QED) is 0.525. The molecule has 2 amide bonds. The Morgan fingerprint density at radius 3 is 2.74 bits per heavy atom. The Kier molecular flexibility index (Phi) is 6.83. The van der Waals surface area contributed by atoms with Crippen molar-refractivity contribution in [2.75, 3.05) is 17.7 Å². The topological polar surface area (TPSA) is 118 Å². The molecular formula is C23H21ClN6O3S2. The van der Waals surface area contributed by atoms with Crippen LogP contribution in [0.1, 0.15) is 39.2 Å². The highest BCUT2D eigenvalue weighted by molar-refractivity contribution is 8.13. The summed E-state index contributed by atoms with van der Waals surface area (Å²) >= 11 is 8.68. The van der Waals surface area contributed by atoms with Crippen LogP contribution in [0.3, 0.4) is 0 Å². The normalized spacial score (nSPS) is 23.7. The molecule has 2 aliphatic heterocycles. The fourth-order valence-corrected chi connectivity index (χ4v) is 6.24. The van der Waals surface area contributed by atoms with Gasteiger partial charge in [-0.15, -0.1) is 11.3 Å². The fourth-order valence-electron chi connectivity index (χ4n) is 4.02. The van der Waals surface area contributed by atoms with Crippen LogP contribution < -0.4 is 10.6 Å². The fraction of sp³-hybridized carbons (Fsp3) is 0.304. The molecule has 180 valence electrons.